The summed E-state index contributed by atoms with van der Waals surface area (Å²) in [7, 11) is 0. The Hall–Kier alpha value is -2.42. The van der Waals surface area contributed by atoms with E-state index >= 15 is 0 Å². The number of ether oxygens (including phenoxy) is 2. The summed E-state index contributed by atoms with van der Waals surface area (Å²) >= 11 is 6.04. The van der Waals surface area contributed by atoms with E-state index in [-0.39, 0.29) is 0 Å². The molecule has 23 heavy (non-hydrogen) atoms. The summed E-state index contributed by atoms with van der Waals surface area (Å²) in [6.45, 7) is 3.12. The molecule has 2 unspecified atom stereocenters. The molecule has 0 saturated heterocycles. The third-order valence-corrected chi connectivity index (χ3v) is 3.41. The Labute approximate surface area is 140 Å². The van der Waals surface area contributed by atoms with Gasteiger partial charge in [-0.3, -0.25) is 9.80 Å². The van der Waals surface area contributed by atoms with Gasteiger partial charge in [0.25, 0.3) is 0 Å². The number of carbonyl (C=O) groups is 1. The van der Waals surface area contributed by atoms with Crippen LogP contribution in [-0.4, -0.2) is 22.8 Å². The van der Waals surface area contributed by atoms with Gasteiger partial charge in [-0.15, -0.1) is 0 Å². The molecule has 2 rings (SSSR count). The van der Waals surface area contributed by atoms with Crippen LogP contribution in [0.3, 0.4) is 0 Å². The average Bonchev–Trinajstić information content (AvgIpc) is 2.50. The van der Waals surface area contributed by atoms with Gasteiger partial charge in [0.2, 0.25) is 0 Å². The zero-order chi connectivity index (χ0) is 16.9. The minimum atomic E-state index is -1.09. The second-order valence-electron chi connectivity index (χ2n) is 5.01. The molecule has 1 aromatic carbocycles. The van der Waals surface area contributed by atoms with E-state index < -0.39 is 17.8 Å². The van der Waals surface area contributed by atoms with E-state index in [1.165, 1.54) is 11.9 Å². The van der Waals surface area contributed by atoms with Crippen molar-refractivity contribution in [2.75, 3.05) is 0 Å². The number of rotatable bonds is 3. The van der Waals surface area contributed by atoms with E-state index in [9.17, 15) is 4.79 Å². The van der Waals surface area contributed by atoms with Gasteiger partial charge in [-0.05, 0) is 37.1 Å². The molecule has 0 saturated carbocycles. The van der Waals surface area contributed by atoms with Crippen LogP contribution in [0.5, 0.6) is 5.75 Å². The second kappa shape index (κ2) is 7.23. The van der Waals surface area contributed by atoms with Gasteiger partial charge >= 0.3 is 12.3 Å². The van der Waals surface area contributed by atoms with Crippen molar-refractivity contribution >= 4 is 17.6 Å². The van der Waals surface area contributed by atoms with Crippen molar-refractivity contribution in [3.8, 4) is 17.6 Å². The van der Waals surface area contributed by atoms with Gasteiger partial charge in [0.05, 0.1) is 5.02 Å². The monoisotopic (exact) mass is 332 g/mol. The number of carbonyl (C=O) groups excluding carboxylic acids is 1. The number of nitrogens with zero attached hydrogens (tertiary/aromatic N) is 1. The largest absolute Gasteiger partial charge is 0.442 e. The lowest BCUT2D eigenvalue weighted by Crippen LogP contribution is -2.46. The smallest absolute Gasteiger partial charge is 0.308 e. The third kappa shape index (κ3) is 4.52. The fourth-order valence-electron chi connectivity index (χ4n) is 1.83. The Kier molecular flexibility index (Phi) is 5.32. The molecule has 6 heteroatoms. The zero-order valence-corrected chi connectivity index (χ0v) is 13.6. The van der Waals surface area contributed by atoms with Crippen molar-refractivity contribution in [3.63, 3.8) is 0 Å². The lowest BCUT2D eigenvalue weighted by atomic mass is 10.00. The highest BCUT2D eigenvalue weighted by atomic mass is 35.5. The van der Waals surface area contributed by atoms with Crippen LogP contribution in [0.1, 0.15) is 13.8 Å². The summed E-state index contributed by atoms with van der Waals surface area (Å²) in [6.07, 6.45) is 6.09. The summed E-state index contributed by atoms with van der Waals surface area (Å²) in [4.78, 5) is 11.3. The maximum atomic E-state index is 11.3. The molecule has 2 N–H and O–H groups in total. The number of halogens is 1. The van der Waals surface area contributed by atoms with Crippen LogP contribution in [-0.2, 0) is 9.53 Å². The predicted octanol–water partition coefficient (Wildman–Crippen LogP) is 2.63. The van der Waals surface area contributed by atoms with E-state index in [0.717, 1.165) is 0 Å². The van der Waals surface area contributed by atoms with Crippen LogP contribution >= 0.6 is 11.6 Å². The molecular weight excluding hydrogens is 316 g/mol. The number of para-hydroxylation sites is 1. The first-order valence-electron chi connectivity index (χ1n) is 6.92. The molecule has 1 aromatic rings. The van der Waals surface area contributed by atoms with E-state index in [1.807, 2.05) is 19.1 Å². The normalized spacial score (nSPS) is 20.4. The first-order chi connectivity index (χ1) is 10.9. The van der Waals surface area contributed by atoms with Crippen molar-refractivity contribution < 1.29 is 14.3 Å². The Bertz CT molecular complexity index is 705. The molecule has 0 bridgehead atoms. The molecule has 2 atom stereocenters. The van der Waals surface area contributed by atoms with Crippen LogP contribution in [0.25, 0.3) is 0 Å². The van der Waals surface area contributed by atoms with E-state index in [4.69, 9.17) is 26.9 Å². The number of hydrogen-bond acceptors (Lipinski definition) is 5. The van der Waals surface area contributed by atoms with Crippen molar-refractivity contribution in [1.82, 2.24) is 5.01 Å². The molecular formula is C17H17ClN2O3. The van der Waals surface area contributed by atoms with E-state index in [1.54, 1.807) is 36.5 Å². The van der Waals surface area contributed by atoms with Crippen LogP contribution in [0.2, 0.25) is 5.02 Å². The minimum Gasteiger partial charge on any atom is -0.442 e. The molecule has 5 nitrogen and oxygen atoms in total. The molecule has 0 amide bonds. The maximum Gasteiger partial charge on any atom is 0.308 e. The highest BCUT2D eigenvalue weighted by Crippen LogP contribution is 2.24. The summed E-state index contributed by atoms with van der Waals surface area (Å²) < 4.78 is 10.7. The summed E-state index contributed by atoms with van der Waals surface area (Å²) in [6, 6.07) is 6.87. The lowest BCUT2D eigenvalue weighted by molar-refractivity contribution is -0.154. The van der Waals surface area contributed by atoms with Crippen molar-refractivity contribution in [2.24, 2.45) is 5.84 Å². The quantitative estimate of drug-likeness (QED) is 0.399. The number of esters is 1. The zero-order valence-electron chi connectivity index (χ0n) is 12.8. The van der Waals surface area contributed by atoms with E-state index in [2.05, 4.69) is 11.8 Å². The predicted molar refractivity (Wildman–Crippen MR) is 88.1 cm³/mol. The van der Waals surface area contributed by atoms with Crippen LogP contribution in [0, 0.1) is 11.8 Å². The van der Waals surface area contributed by atoms with Crippen molar-refractivity contribution in [1.29, 1.82) is 0 Å². The van der Waals surface area contributed by atoms with Crippen molar-refractivity contribution in [2.45, 2.75) is 25.7 Å². The number of hydrogen-bond donors (Lipinski definition) is 1. The summed E-state index contributed by atoms with van der Waals surface area (Å²) in [5.74, 6) is 11.5. The van der Waals surface area contributed by atoms with Gasteiger partial charge in [0.1, 0.15) is 11.3 Å². The molecule has 0 spiro atoms. The first-order valence-corrected chi connectivity index (χ1v) is 7.30. The minimum absolute atomic E-state index is 0.378. The van der Waals surface area contributed by atoms with Crippen LogP contribution in [0.4, 0.5) is 0 Å². The lowest BCUT2D eigenvalue weighted by Gasteiger charge is -2.31. The van der Waals surface area contributed by atoms with Gasteiger partial charge in [-0.1, -0.05) is 35.7 Å². The molecule has 0 fully saturated rings. The molecule has 1 heterocycles. The highest BCUT2D eigenvalue weighted by molar-refractivity contribution is 6.32. The molecule has 1 aliphatic heterocycles. The highest BCUT2D eigenvalue weighted by Gasteiger charge is 2.24. The fraction of sp³-hybridized carbons (Fsp3) is 0.235. The van der Waals surface area contributed by atoms with Gasteiger partial charge in [0, 0.05) is 13.1 Å². The number of benzene rings is 1. The number of allylic oxidation sites excluding steroid dienone is 2. The molecule has 0 aromatic heterocycles. The fourth-order valence-corrected chi connectivity index (χ4v) is 2.01. The summed E-state index contributed by atoms with van der Waals surface area (Å²) in [5.41, 5.74) is -0.725. The first kappa shape index (κ1) is 16.9. The summed E-state index contributed by atoms with van der Waals surface area (Å²) in [5, 5.41) is 1.86. The van der Waals surface area contributed by atoms with Crippen LogP contribution < -0.4 is 10.6 Å². The third-order valence-electron chi connectivity index (χ3n) is 3.10. The topological polar surface area (TPSA) is 64.8 Å². The molecule has 0 radical (unpaired) electrons. The SMILES string of the molecule is CC(=O)OC(C#CC1(C)C=CC=CN1N)Oc1ccccc1Cl. The van der Waals surface area contributed by atoms with Gasteiger partial charge in [-0.25, -0.2) is 5.84 Å². The average molecular weight is 333 g/mol. The van der Waals surface area contributed by atoms with Gasteiger partial charge in [-0.2, -0.15) is 0 Å². The van der Waals surface area contributed by atoms with Crippen LogP contribution in [0.15, 0.2) is 48.7 Å². The van der Waals surface area contributed by atoms with Crippen molar-refractivity contribution in [3.05, 3.63) is 53.7 Å². The Morgan fingerprint density at radius 3 is 2.78 bits per heavy atom. The molecule has 0 aliphatic carbocycles. The number of hydrazine groups is 1. The maximum absolute atomic E-state index is 11.3. The number of nitrogens with two attached hydrogens (primary N) is 1. The standard InChI is InChI=1S/C17H17ClN2O3/c1-13(21)22-16(23-15-8-4-3-7-14(15)18)9-11-17(2)10-5-6-12-20(17)19/h3-8,10,12,16H,19H2,1-2H3. The molecule has 1 aliphatic rings. The van der Waals surface area contributed by atoms with Gasteiger partial charge < -0.3 is 9.47 Å². The van der Waals surface area contributed by atoms with E-state index in [0.29, 0.717) is 10.8 Å². The molecule has 120 valence electrons. The van der Waals surface area contributed by atoms with Gasteiger partial charge in [0.15, 0.2) is 0 Å². The Morgan fingerprint density at radius 1 is 1.39 bits per heavy atom. The Morgan fingerprint density at radius 2 is 2.13 bits per heavy atom. The Balaban J connectivity index is 2.22. The second-order valence-corrected chi connectivity index (χ2v) is 5.42.